The molecule has 0 saturated heterocycles. The highest BCUT2D eigenvalue weighted by atomic mass is 79.9. The summed E-state index contributed by atoms with van der Waals surface area (Å²) >= 11 is 3.35. The van der Waals surface area contributed by atoms with Crippen molar-refractivity contribution < 1.29 is 4.74 Å². The zero-order chi connectivity index (χ0) is 11.5. The lowest BCUT2D eigenvalue weighted by Gasteiger charge is -2.08. The lowest BCUT2D eigenvalue weighted by molar-refractivity contribution is 0.483. The van der Waals surface area contributed by atoms with Gasteiger partial charge in [-0.2, -0.15) is 0 Å². The monoisotopic (exact) mass is 278 g/mol. The molecule has 2 rings (SSSR count). The number of hydrogen-bond donors (Lipinski definition) is 1. The van der Waals surface area contributed by atoms with E-state index < -0.39 is 0 Å². The van der Waals surface area contributed by atoms with Gasteiger partial charge in [0.15, 0.2) is 0 Å². The Kier molecular flexibility index (Phi) is 3.10. The highest BCUT2D eigenvalue weighted by Crippen LogP contribution is 2.29. The fraction of sp³-hybridized carbons (Fsp3) is 0.0833. The van der Waals surface area contributed by atoms with Gasteiger partial charge in [-0.3, -0.25) is 4.98 Å². The molecule has 0 atom stereocenters. The predicted octanol–water partition coefficient (Wildman–Crippen LogP) is 3.53. The van der Waals surface area contributed by atoms with Gasteiger partial charge in [0.05, 0.1) is 5.69 Å². The summed E-state index contributed by atoms with van der Waals surface area (Å²) in [5.41, 5.74) is 7.35. The number of rotatable bonds is 2. The van der Waals surface area contributed by atoms with E-state index in [-0.39, 0.29) is 0 Å². The molecular weight excluding hydrogens is 268 g/mol. The summed E-state index contributed by atoms with van der Waals surface area (Å²) < 4.78 is 6.59. The minimum absolute atomic E-state index is 0.601. The second-order valence-corrected chi connectivity index (χ2v) is 4.33. The first-order valence-corrected chi connectivity index (χ1v) is 5.60. The van der Waals surface area contributed by atoms with Gasteiger partial charge in [0.25, 0.3) is 0 Å². The van der Waals surface area contributed by atoms with Crippen LogP contribution < -0.4 is 10.5 Å². The SMILES string of the molecule is Cc1cc(Oc2ccc(Br)cc2N)ccn1. The summed E-state index contributed by atoms with van der Waals surface area (Å²) in [4.78, 5) is 4.10. The minimum atomic E-state index is 0.601. The Labute approximate surface area is 102 Å². The molecule has 3 nitrogen and oxygen atoms in total. The molecule has 82 valence electrons. The minimum Gasteiger partial charge on any atom is -0.455 e. The van der Waals surface area contributed by atoms with Gasteiger partial charge in [0, 0.05) is 22.4 Å². The molecular formula is C12H11BrN2O. The van der Waals surface area contributed by atoms with Crippen molar-refractivity contribution in [2.75, 3.05) is 5.73 Å². The second kappa shape index (κ2) is 4.53. The number of benzene rings is 1. The highest BCUT2D eigenvalue weighted by Gasteiger charge is 2.02. The molecule has 0 amide bonds. The van der Waals surface area contributed by atoms with Gasteiger partial charge in [-0.15, -0.1) is 0 Å². The number of hydrogen-bond acceptors (Lipinski definition) is 3. The normalized spacial score (nSPS) is 10.1. The maximum Gasteiger partial charge on any atom is 0.150 e. The van der Waals surface area contributed by atoms with Gasteiger partial charge < -0.3 is 10.5 Å². The summed E-state index contributed by atoms with van der Waals surface area (Å²) in [6.45, 7) is 1.91. The zero-order valence-electron chi connectivity index (χ0n) is 8.77. The first-order valence-electron chi connectivity index (χ1n) is 4.81. The number of nitrogen functional groups attached to an aromatic ring is 1. The molecule has 0 radical (unpaired) electrons. The predicted molar refractivity (Wildman–Crippen MR) is 67.6 cm³/mol. The quantitative estimate of drug-likeness (QED) is 0.855. The third kappa shape index (κ3) is 2.52. The standard InChI is InChI=1S/C12H11BrN2O/c1-8-6-10(4-5-15-8)16-12-3-2-9(13)7-11(12)14/h2-7H,14H2,1H3. The Morgan fingerprint density at radius 1 is 1.25 bits per heavy atom. The van der Waals surface area contributed by atoms with E-state index in [1.54, 1.807) is 12.3 Å². The topological polar surface area (TPSA) is 48.1 Å². The Bertz CT molecular complexity index is 514. The van der Waals surface area contributed by atoms with Crippen molar-refractivity contribution >= 4 is 21.6 Å². The Morgan fingerprint density at radius 2 is 2.06 bits per heavy atom. The van der Waals surface area contributed by atoms with Crippen LogP contribution in [-0.4, -0.2) is 4.98 Å². The van der Waals surface area contributed by atoms with Crippen molar-refractivity contribution in [3.63, 3.8) is 0 Å². The van der Waals surface area contributed by atoms with Crippen molar-refractivity contribution in [3.8, 4) is 11.5 Å². The van der Waals surface area contributed by atoms with Gasteiger partial charge in [-0.1, -0.05) is 15.9 Å². The second-order valence-electron chi connectivity index (χ2n) is 3.42. The molecule has 0 aliphatic carbocycles. The summed E-state index contributed by atoms with van der Waals surface area (Å²) in [5, 5.41) is 0. The van der Waals surface area contributed by atoms with Crippen LogP contribution in [0.2, 0.25) is 0 Å². The molecule has 0 unspecified atom stereocenters. The van der Waals surface area contributed by atoms with Crippen LogP contribution in [0.25, 0.3) is 0 Å². The molecule has 0 aliphatic rings. The molecule has 0 fully saturated rings. The summed E-state index contributed by atoms with van der Waals surface area (Å²) in [5.74, 6) is 1.38. The lowest BCUT2D eigenvalue weighted by Crippen LogP contribution is -1.92. The van der Waals surface area contributed by atoms with Gasteiger partial charge in [0.2, 0.25) is 0 Å². The molecule has 0 bridgehead atoms. The van der Waals surface area contributed by atoms with Crippen LogP contribution in [0.4, 0.5) is 5.69 Å². The molecule has 0 saturated carbocycles. The fourth-order valence-corrected chi connectivity index (χ4v) is 1.70. The third-order valence-electron chi connectivity index (χ3n) is 2.07. The fourth-order valence-electron chi connectivity index (χ4n) is 1.32. The average molecular weight is 279 g/mol. The molecule has 1 aromatic heterocycles. The van der Waals surface area contributed by atoms with Crippen molar-refractivity contribution in [1.82, 2.24) is 4.98 Å². The van der Waals surface area contributed by atoms with Gasteiger partial charge >= 0.3 is 0 Å². The van der Waals surface area contributed by atoms with Gasteiger partial charge in [0.1, 0.15) is 11.5 Å². The summed E-state index contributed by atoms with van der Waals surface area (Å²) in [7, 11) is 0. The van der Waals surface area contributed by atoms with E-state index in [1.165, 1.54) is 0 Å². The van der Waals surface area contributed by atoms with Gasteiger partial charge in [-0.05, 0) is 31.2 Å². The van der Waals surface area contributed by atoms with Crippen LogP contribution >= 0.6 is 15.9 Å². The molecule has 16 heavy (non-hydrogen) atoms. The number of nitrogens with two attached hydrogens (primary N) is 1. The summed E-state index contributed by atoms with van der Waals surface area (Å²) in [6.07, 6.45) is 1.71. The summed E-state index contributed by atoms with van der Waals surface area (Å²) in [6, 6.07) is 9.19. The molecule has 2 aromatic rings. The molecule has 0 spiro atoms. The molecule has 4 heteroatoms. The highest BCUT2D eigenvalue weighted by molar-refractivity contribution is 9.10. The van der Waals surface area contributed by atoms with E-state index in [0.29, 0.717) is 11.4 Å². The first kappa shape index (κ1) is 11.0. The molecule has 1 aromatic carbocycles. The Balaban J connectivity index is 2.27. The van der Waals surface area contributed by atoms with E-state index in [2.05, 4.69) is 20.9 Å². The maximum absolute atomic E-state index is 5.84. The van der Waals surface area contributed by atoms with Crippen LogP contribution in [0.3, 0.4) is 0 Å². The average Bonchev–Trinajstić information content (AvgIpc) is 2.22. The zero-order valence-corrected chi connectivity index (χ0v) is 10.4. The first-order chi connectivity index (χ1) is 7.65. The van der Waals surface area contributed by atoms with Crippen LogP contribution in [0.1, 0.15) is 5.69 Å². The number of halogens is 1. The van der Waals surface area contributed by atoms with E-state index in [4.69, 9.17) is 10.5 Å². The lowest BCUT2D eigenvalue weighted by atomic mass is 10.3. The number of nitrogens with zero attached hydrogens (tertiary/aromatic N) is 1. The smallest absolute Gasteiger partial charge is 0.150 e. The van der Waals surface area contributed by atoms with Crippen molar-refractivity contribution in [1.29, 1.82) is 0 Å². The van der Waals surface area contributed by atoms with Crippen molar-refractivity contribution in [2.45, 2.75) is 6.92 Å². The van der Waals surface area contributed by atoms with Crippen LogP contribution in [-0.2, 0) is 0 Å². The number of ether oxygens (including phenoxy) is 1. The Hall–Kier alpha value is -1.55. The third-order valence-corrected chi connectivity index (χ3v) is 2.56. The largest absolute Gasteiger partial charge is 0.455 e. The van der Waals surface area contributed by atoms with Crippen LogP contribution in [0, 0.1) is 6.92 Å². The van der Waals surface area contributed by atoms with Crippen molar-refractivity contribution in [3.05, 3.63) is 46.7 Å². The van der Waals surface area contributed by atoms with Crippen LogP contribution in [0.5, 0.6) is 11.5 Å². The van der Waals surface area contributed by atoms with E-state index in [1.807, 2.05) is 31.2 Å². The van der Waals surface area contributed by atoms with E-state index in [0.717, 1.165) is 15.9 Å². The van der Waals surface area contributed by atoms with E-state index >= 15 is 0 Å². The molecule has 0 aliphatic heterocycles. The molecule has 2 N–H and O–H groups in total. The number of aryl methyl sites for hydroxylation is 1. The van der Waals surface area contributed by atoms with Crippen molar-refractivity contribution in [2.24, 2.45) is 0 Å². The van der Waals surface area contributed by atoms with E-state index in [9.17, 15) is 0 Å². The maximum atomic E-state index is 5.84. The Morgan fingerprint density at radius 3 is 2.75 bits per heavy atom. The number of aromatic nitrogens is 1. The number of anilines is 1. The molecule has 1 heterocycles. The van der Waals surface area contributed by atoms with Gasteiger partial charge in [-0.25, -0.2) is 0 Å². The van der Waals surface area contributed by atoms with Crippen LogP contribution in [0.15, 0.2) is 41.0 Å². The number of pyridine rings is 1.